The maximum absolute atomic E-state index is 13.9. The summed E-state index contributed by atoms with van der Waals surface area (Å²) in [4.78, 5) is 0. The fourth-order valence-corrected chi connectivity index (χ4v) is 2.63. The Kier molecular flexibility index (Phi) is 3.32. The highest BCUT2D eigenvalue weighted by atomic mass is 79.9. The molecule has 0 aromatic heterocycles. The standard InChI is InChI=1S/C16H14BrFO/c1-5-9-12(18)7-6-10-14(9)11(16(2,3)4)8-13(19)15(10)17/h1,6-8,19H,2-4H3. The Hall–Kier alpha value is -1.53. The van der Waals surface area contributed by atoms with E-state index in [9.17, 15) is 9.50 Å². The summed E-state index contributed by atoms with van der Waals surface area (Å²) in [6.07, 6.45) is 5.45. The Morgan fingerprint density at radius 2 is 1.95 bits per heavy atom. The van der Waals surface area contributed by atoms with Crippen LogP contribution in [-0.4, -0.2) is 5.11 Å². The van der Waals surface area contributed by atoms with E-state index in [1.807, 2.05) is 20.8 Å². The second-order valence-corrected chi connectivity index (χ2v) is 6.29. The second kappa shape index (κ2) is 4.54. The molecule has 2 rings (SSSR count). The van der Waals surface area contributed by atoms with Gasteiger partial charge in [-0.15, -0.1) is 6.42 Å². The topological polar surface area (TPSA) is 20.2 Å². The van der Waals surface area contributed by atoms with Crippen LogP contribution in [0.3, 0.4) is 0 Å². The predicted molar refractivity (Wildman–Crippen MR) is 79.9 cm³/mol. The fraction of sp³-hybridized carbons (Fsp3) is 0.250. The molecule has 0 amide bonds. The second-order valence-electron chi connectivity index (χ2n) is 5.50. The highest BCUT2D eigenvalue weighted by molar-refractivity contribution is 9.10. The zero-order valence-electron chi connectivity index (χ0n) is 11.0. The summed E-state index contributed by atoms with van der Waals surface area (Å²) in [5, 5.41) is 11.4. The van der Waals surface area contributed by atoms with Crippen molar-refractivity contribution in [1.82, 2.24) is 0 Å². The third-order valence-corrected chi connectivity index (χ3v) is 3.95. The minimum Gasteiger partial charge on any atom is -0.507 e. The minimum atomic E-state index is -0.418. The van der Waals surface area contributed by atoms with E-state index in [2.05, 4.69) is 21.9 Å². The number of phenols is 1. The van der Waals surface area contributed by atoms with Crippen molar-refractivity contribution in [1.29, 1.82) is 0 Å². The van der Waals surface area contributed by atoms with Crippen LogP contribution in [0.4, 0.5) is 4.39 Å². The van der Waals surface area contributed by atoms with Gasteiger partial charge >= 0.3 is 0 Å². The molecule has 19 heavy (non-hydrogen) atoms. The Morgan fingerprint density at radius 3 is 2.47 bits per heavy atom. The van der Waals surface area contributed by atoms with Gasteiger partial charge in [-0.1, -0.05) is 32.8 Å². The highest BCUT2D eigenvalue weighted by Gasteiger charge is 2.23. The van der Waals surface area contributed by atoms with Gasteiger partial charge in [0.05, 0.1) is 10.0 Å². The number of hydrogen-bond acceptors (Lipinski definition) is 1. The summed E-state index contributed by atoms with van der Waals surface area (Å²) >= 11 is 3.33. The molecule has 1 nitrogen and oxygen atoms in total. The summed E-state index contributed by atoms with van der Waals surface area (Å²) in [7, 11) is 0. The van der Waals surface area contributed by atoms with Crippen LogP contribution in [0.25, 0.3) is 10.8 Å². The van der Waals surface area contributed by atoms with Crippen molar-refractivity contribution in [3.05, 3.63) is 39.6 Å². The van der Waals surface area contributed by atoms with E-state index in [4.69, 9.17) is 6.42 Å². The van der Waals surface area contributed by atoms with Gasteiger partial charge in [0.25, 0.3) is 0 Å². The predicted octanol–water partition coefficient (Wildman–Crippen LogP) is 4.73. The van der Waals surface area contributed by atoms with Crippen LogP contribution in [-0.2, 0) is 5.41 Å². The van der Waals surface area contributed by atoms with Gasteiger partial charge in [0.1, 0.15) is 11.6 Å². The first kappa shape index (κ1) is 13.9. The van der Waals surface area contributed by atoms with Crippen molar-refractivity contribution < 1.29 is 9.50 Å². The lowest BCUT2D eigenvalue weighted by atomic mass is 9.82. The lowest BCUT2D eigenvalue weighted by molar-refractivity contribution is 0.469. The Bertz CT molecular complexity index is 705. The van der Waals surface area contributed by atoms with Gasteiger partial charge in [0.2, 0.25) is 0 Å². The van der Waals surface area contributed by atoms with E-state index >= 15 is 0 Å². The van der Waals surface area contributed by atoms with Crippen LogP contribution in [0.5, 0.6) is 5.75 Å². The number of halogens is 2. The average molecular weight is 321 g/mol. The Balaban J connectivity index is 3.09. The van der Waals surface area contributed by atoms with Gasteiger partial charge in [-0.3, -0.25) is 0 Å². The lowest BCUT2D eigenvalue weighted by Crippen LogP contribution is -2.12. The molecular formula is C16H14BrFO. The largest absolute Gasteiger partial charge is 0.507 e. The number of rotatable bonds is 0. The maximum Gasteiger partial charge on any atom is 0.139 e. The van der Waals surface area contributed by atoms with Crippen LogP contribution < -0.4 is 0 Å². The van der Waals surface area contributed by atoms with E-state index in [0.717, 1.165) is 10.9 Å². The van der Waals surface area contributed by atoms with E-state index in [-0.39, 0.29) is 16.7 Å². The zero-order chi connectivity index (χ0) is 14.4. The first-order valence-corrected chi connectivity index (χ1v) is 6.67. The molecule has 0 atom stereocenters. The van der Waals surface area contributed by atoms with Crippen molar-refractivity contribution in [3.8, 4) is 18.1 Å². The van der Waals surface area contributed by atoms with Crippen molar-refractivity contribution in [2.75, 3.05) is 0 Å². The molecule has 0 aliphatic carbocycles. The van der Waals surface area contributed by atoms with Gasteiger partial charge in [0.15, 0.2) is 0 Å². The molecule has 0 heterocycles. The third-order valence-electron chi connectivity index (χ3n) is 3.12. The third kappa shape index (κ3) is 2.21. The summed E-state index contributed by atoms with van der Waals surface area (Å²) in [6.45, 7) is 6.00. The summed E-state index contributed by atoms with van der Waals surface area (Å²) in [5.74, 6) is 2.13. The normalized spacial score (nSPS) is 11.6. The molecule has 1 N–H and O–H groups in total. The average Bonchev–Trinajstić information content (AvgIpc) is 2.32. The SMILES string of the molecule is C#Cc1c(F)ccc2c(Br)c(O)cc(C(C)(C)C)c12. The van der Waals surface area contributed by atoms with Crippen molar-refractivity contribution in [2.24, 2.45) is 0 Å². The Morgan fingerprint density at radius 1 is 1.32 bits per heavy atom. The summed E-state index contributed by atoms with van der Waals surface area (Å²) < 4.78 is 14.4. The molecule has 0 unspecified atom stereocenters. The zero-order valence-corrected chi connectivity index (χ0v) is 12.6. The number of hydrogen-bond donors (Lipinski definition) is 1. The lowest BCUT2D eigenvalue weighted by Gasteiger charge is -2.23. The Labute approximate surface area is 120 Å². The molecular weight excluding hydrogens is 307 g/mol. The maximum atomic E-state index is 13.9. The number of fused-ring (bicyclic) bond motifs is 1. The molecule has 0 aliphatic rings. The van der Waals surface area contributed by atoms with E-state index < -0.39 is 5.82 Å². The van der Waals surface area contributed by atoms with Crippen LogP contribution in [0.2, 0.25) is 0 Å². The molecule has 0 saturated carbocycles. The first-order valence-electron chi connectivity index (χ1n) is 5.88. The summed E-state index contributed by atoms with van der Waals surface area (Å²) in [6, 6.07) is 4.60. The molecule has 0 aliphatic heterocycles. The van der Waals surface area contributed by atoms with Crippen molar-refractivity contribution >= 4 is 26.7 Å². The van der Waals surface area contributed by atoms with E-state index in [0.29, 0.717) is 9.86 Å². The van der Waals surface area contributed by atoms with Gasteiger partial charge in [0, 0.05) is 10.8 Å². The molecule has 2 aromatic rings. The molecule has 98 valence electrons. The number of phenolic OH excluding ortho intramolecular Hbond substituents is 1. The van der Waals surface area contributed by atoms with Crippen molar-refractivity contribution in [3.63, 3.8) is 0 Å². The number of benzene rings is 2. The van der Waals surface area contributed by atoms with Gasteiger partial charge in [-0.25, -0.2) is 4.39 Å². The molecule has 0 spiro atoms. The van der Waals surface area contributed by atoms with Crippen LogP contribution >= 0.6 is 15.9 Å². The minimum absolute atomic E-state index is 0.131. The summed E-state index contributed by atoms with van der Waals surface area (Å²) in [5.41, 5.74) is 0.814. The van der Waals surface area contributed by atoms with E-state index in [1.54, 1.807) is 12.1 Å². The smallest absolute Gasteiger partial charge is 0.139 e. The van der Waals surface area contributed by atoms with Crippen LogP contribution in [0.1, 0.15) is 31.9 Å². The van der Waals surface area contributed by atoms with Gasteiger partial charge in [-0.05, 0) is 39.0 Å². The number of aromatic hydroxyl groups is 1. The fourth-order valence-electron chi connectivity index (χ4n) is 2.18. The van der Waals surface area contributed by atoms with Gasteiger partial charge in [-0.2, -0.15) is 0 Å². The first-order chi connectivity index (χ1) is 8.77. The molecule has 3 heteroatoms. The molecule has 0 fully saturated rings. The highest BCUT2D eigenvalue weighted by Crippen LogP contribution is 2.41. The molecule has 0 saturated heterocycles. The van der Waals surface area contributed by atoms with Crippen molar-refractivity contribution in [2.45, 2.75) is 26.2 Å². The van der Waals surface area contributed by atoms with E-state index in [1.165, 1.54) is 6.07 Å². The quantitative estimate of drug-likeness (QED) is 0.696. The molecule has 0 bridgehead atoms. The number of terminal acetylenes is 1. The van der Waals surface area contributed by atoms with Crippen LogP contribution in [0.15, 0.2) is 22.7 Å². The van der Waals surface area contributed by atoms with Gasteiger partial charge < -0.3 is 5.11 Å². The molecule has 2 aromatic carbocycles. The monoisotopic (exact) mass is 320 g/mol. The van der Waals surface area contributed by atoms with Crippen LogP contribution in [0, 0.1) is 18.2 Å². The molecule has 0 radical (unpaired) electrons.